The molecule has 0 radical (unpaired) electrons. The number of hydrogen-bond acceptors (Lipinski definition) is 2. The Morgan fingerprint density at radius 2 is 2.39 bits per heavy atom. The molecule has 1 aliphatic heterocycles. The average molecular weight is 250 g/mol. The van der Waals surface area contributed by atoms with Gasteiger partial charge in [-0.2, -0.15) is 0 Å². The van der Waals surface area contributed by atoms with Crippen molar-refractivity contribution in [2.45, 2.75) is 31.7 Å². The molecule has 1 fully saturated rings. The van der Waals surface area contributed by atoms with Gasteiger partial charge in [-0.25, -0.2) is 4.39 Å². The molecule has 98 valence electrons. The molecule has 1 amide bonds. The summed E-state index contributed by atoms with van der Waals surface area (Å²) in [4.78, 5) is 11.6. The number of carbonyl (C=O) groups excluding carboxylic acids is 1. The monoisotopic (exact) mass is 250 g/mol. The van der Waals surface area contributed by atoms with Gasteiger partial charge in [0.2, 0.25) is 5.91 Å². The van der Waals surface area contributed by atoms with Gasteiger partial charge < -0.3 is 10.6 Å². The molecule has 0 aliphatic carbocycles. The maximum Gasteiger partial charge on any atom is 0.224 e. The molecular weight excluding hydrogens is 231 g/mol. The molecule has 18 heavy (non-hydrogen) atoms. The van der Waals surface area contributed by atoms with Crippen molar-refractivity contribution in [1.29, 1.82) is 0 Å². The Bertz CT molecular complexity index is 403. The summed E-state index contributed by atoms with van der Waals surface area (Å²) in [6.07, 6.45) is 3.63. The summed E-state index contributed by atoms with van der Waals surface area (Å²) in [5.74, 6) is -0.339. The van der Waals surface area contributed by atoms with E-state index in [1.54, 1.807) is 12.1 Å². The summed E-state index contributed by atoms with van der Waals surface area (Å²) in [5, 5.41) is 6.26. The number of benzene rings is 1. The van der Waals surface area contributed by atoms with Crippen LogP contribution in [0.25, 0.3) is 0 Å². The predicted octanol–water partition coefficient (Wildman–Crippen LogP) is 1.63. The van der Waals surface area contributed by atoms with E-state index in [0.29, 0.717) is 18.2 Å². The van der Waals surface area contributed by atoms with E-state index >= 15 is 0 Å². The molecule has 0 unspecified atom stereocenters. The van der Waals surface area contributed by atoms with Gasteiger partial charge in [0, 0.05) is 12.6 Å². The van der Waals surface area contributed by atoms with E-state index in [9.17, 15) is 9.18 Å². The van der Waals surface area contributed by atoms with Crippen LogP contribution < -0.4 is 10.6 Å². The van der Waals surface area contributed by atoms with Crippen LogP contribution in [0.3, 0.4) is 0 Å². The van der Waals surface area contributed by atoms with Gasteiger partial charge in [0.25, 0.3) is 0 Å². The minimum atomic E-state index is -0.296. The molecule has 1 aromatic rings. The molecule has 1 aromatic carbocycles. The molecule has 1 atom stereocenters. The quantitative estimate of drug-likeness (QED) is 0.834. The van der Waals surface area contributed by atoms with Crippen molar-refractivity contribution in [1.82, 2.24) is 10.6 Å². The molecule has 1 heterocycles. The fourth-order valence-corrected chi connectivity index (χ4v) is 2.28. The van der Waals surface area contributed by atoms with Crippen LogP contribution in [0.1, 0.15) is 24.8 Å². The van der Waals surface area contributed by atoms with Crippen LogP contribution >= 0.6 is 0 Å². The minimum absolute atomic E-state index is 0.0430. The van der Waals surface area contributed by atoms with E-state index in [1.165, 1.54) is 25.0 Å². The lowest BCUT2D eigenvalue weighted by Crippen LogP contribution is -2.31. The van der Waals surface area contributed by atoms with Crippen molar-refractivity contribution >= 4 is 5.91 Å². The molecule has 0 spiro atoms. The lowest BCUT2D eigenvalue weighted by Gasteiger charge is -2.10. The summed E-state index contributed by atoms with van der Waals surface area (Å²) in [6.45, 7) is 1.77. The van der Waals surface area contributed by atoms with Crippen molar-refractivity contribution < 1.29 is 9.18 Å². The van der Waals surface area contributed by atoms with E-state index in [0.717, 1.165) is 13.0 Å². The summed E-state index contributed by atoms with van der Waals surface area (Å²) in [5.41, 5.74) is 0.714. The summed E-state index contributed by atoms with van der Waals surface area (Å²) in [6, 6.07) is 6.71. The summed E-state index contributed by atoms with van der Waals surface area (Å²) >= 11 is 0. The van der Waals surface area contributed by atoms with Crippen molar-refractivity contribution in [3.05, 3.63) is 35.6 Å². The second-order valence-electron chi connectivity index (χ2n) is 4.74. The number of halogens is 1. The Morgan fingerprint density at radius 1 is 1.50 bits per heavy atom. The largest absolute Gasteiger partial charge is 0.356 e. The van der Waals surface area contributed by atoms with Gasteiger partial charge in [0.1, 0.15) is 5.82 Å². The maximum absolute atomic E-state index is 12.9. The molecule has 0 aromatic heterocycles. The second-order valence-corrected chi connectivity index (χ2v) is 4.74. The van der Waals surface area contributed by atoms with Gasteiger partial charge in [0.15, 0.2) is 0 Å². The van der Waals surface area contributed by atoms with Crippen molar-refractivity contribution in [2.24, 2.45) is 0 Å². The van der Waals surface area contributed by atoms with E-state index in [4.69, 9.17) is 0 Å². The molecule has 2 rings (SSSR count). The predicted molar refractivity (Wildman–Crippen MR) is 68.8 cm³/mol. The van der Waals surface area contributed by atoms with Gasteiger partial charge in [-0.15, -0.1) is 0 Å². The minimum Gasteiger partial charge on any atom is -0.356 e. The molecule has 3 nitrogen and oxygen atoms in total. The van der Waals surface area contributed by atoms with Crippen molar-refractivity contribution in [3.63, 3.8) is 0 Å². The molecule has 1 aliphatic rings. The molecular formula is C14H19FN2O. The third kappa shape index (κ3) is 4.11. The van der Waals surface area contributed by atoms with Gasteiger partial charge in [-0.05, 0) is 43.5 Å². The lowest BCUT2D eigenvalue weighted by molar-refractivity contribution is -0.120. The average Bonchev–Trinajstić information content (AvgIpc) is 2.82. The van der Waals surface area contributed by atoms with Crippen LogP contribution in [-0.4, -0.2) is 25.0 Å². The van der Waals surface area contributed by atoms with Gasteiger partial charge in [-0.3, -0.25) is 4.79 Å². The number of amides is 1. The lowest BCUT2D eigenvalue weighted by atomic mass is 10.1. The normalized spacial score (nSPS) is 18.8. The fourth-order valence-electron chi connectivity index (χ4n) is 2.28. The molecule has 0 bridgehead atoms. The molecule has 0 saturated carbocycles. The molecule has 1 saturated heterocycles. The van der Waals surface area contributed by atoms with Crippen LogP contribution in [0.5, 0.6) is 0 Å². The molecule has 4 heteroatoms. The van der Waals surface area contributed by atoms with E-state index < -0.39 is 0 Å². The Labute approximate surface area is 107 Å². The van der Waals surface area contributed by atoms with Crippen LogP contribution in [0, 0.1) is 5.82 Å². The first-order valence-corrected chi connectivity index (χ1v) is 6.48. The topological polar surface area (TPSA) is 41.1 Å². The number of carbonyl (C=O) groups is 1. The fraction of sp³-hybridized carbons (Fsp3) is 0.500. The second kappa shape index (κ2) is 6.50. The van der Waals surface area contributed by atoms with E-state index in [2.05, 4.69) is 10.6 Å². The van der Waals surface area contributed by atoms with Crippen LogP contribution in [0.4, 0.5) is 4.39 Å². The van der Waals surface area contributed by atoms with E-state index in [1.807, 2.05) is 0 Å². The first-order chi connectivity index (χ1) is 8.74. The Hall–Kier alpha value is -1.42. The van der Waals surface area contributed by atoms with Crippen LogP contribution in [0.2, 0.25) is 0 Å². The highest BCUT2D eigenvalue weighted by Gasteiger charge is 2.13. The highest BCUT2D eigenvalue weighted by atomic mass is 19.1. The smallest absolute Gasteiger partial charge is 0.224 e. The summed E-state index contributed by atoms with van der Waals surface area (Å²) in [7, 11) is 0. The maximum atomic E-state index is 12.9. The SMILES string of the molecule is O=C(Cc1cccc(F)c1)NCC[C@H]1CCCN1. The standard InChI is InChI=1S/C14H19FN2O/c15-12-4-1-3-11(9-12)10-14(18)17-8-6-13-5-2-7-16-13/h1,3-4,9,13,16H,2,5-8,10H2,(H,17,18)/t13-/m1/s1. The third-order valence-corrected chi connectivity index (χ3v) is 3.23. The number of hydrogen-bond donors (Lipinski definition) is 2. The van der Waals surface area contributed by atoms with E-state index in [-0.39, 0.29) is 18.1 Å². The number of rotatable bonds is 5. The van der Waals surface area contributed by atoms with Gasteiger partial charge in [-0.1, -0.05) is 12.1 Å². The highest BCUT2D eigenvalue weighted by Crippen LogP contribution is 2.08. The zero-order valence-electron chi connectivity index (χ0n) is 10.4. The highest BCUT2D eigenvalue weighted by molar-refractivity contribution is 5.78. The van der Waals surface area contributed by atoms with Gasteiger partial charge >= 0.3 is 0 Å². The molecule has 2 N–H and O–H groups in total. The zero-order chi connectivity index (χ0) is 12.8. The first-order valence-electron chi connectivity index (χ1n) is 6.48. The van der Waals surface area contributed by atoms with Crippen LogP contribution in [-0.2, 0) is 11.2 Å². The van der Waals surface area contributed by atoms with Gasteiger partial charge in [0.05, 0.1) is 6.42 Å². The Kier molecular flexibility index (Phi) is 4.70. The third-order valence-electron chi connectivity index (χ3n) is 3.23. The number of nitrogens with one attached hydrogen (secondary N) is 2. The Morgan fingerprint density at radius 3 is 3.11 bits per heavy atom. The summed E-state index contributed by atoms with van der Waals surface area (Å²) < 4.78 is 12.9. The zero-order valence-corrected chi connectivity index (χ0v) is 10.4. The van der Waals surface area contributed by atoms with Crippen molar-refractivity contribution in [3.8, 4) is 0 Å². The first kappa shape index (κ1) is 13.0. The van der Waals surface area contributed by atoms with Crippen LogP contribution in [0.15, 0.2) is 24.3 Å². The van der Waals surface area contributed by atoms with Crippen molar-refractivity contribution in [2.75, 3.05) is 13.1 Å². The Balaban J connectivity index is 1.68.